The van der Waals surface area contributed by atoms with Gasteiger partial charge in [0.15, 0.2) is 5.96 Å². The number of rotatable bonds is 9. The Hall–Kier alpha value is -1.59. The quantitative estimate of drug-likeness (QED) is 0.410. The van der Waals surface area contributed by atoms with E-state index in [2.05, 4.69) is 46.8 Å². The van der Waals surface area contributed by atoms with Gasteiger partial charge in [0.05, 0.1) is 24.9 Å². The summed E-state index contributed by atoms with van der Waals surface area (Å²) in [6.07, 6.45) is 6.25. The molecule has 0 aliphatic carbocycles. The zero-order valence-corrected chi connectivity index (χ0v) is 15.2. The largest absolute Gasteiger partial charge is 0.381 e. The number of hydrogen-bond acceptors (Lipinski definition) is 3. The van der Waals surface area contributed by atoms with E-state index in [0.717, 1.165) is 51.5 Å². The average Bonchev–Trinajstić information content (AvgIpc) is 3.25. The standard InChI is InChI=1S/C20H31N3O2/c1-2-21-20(23-18-15-17-9-10-19(18)25-17)22-12-6-13-24-14-11-16-7-4-3-5-8-16/h3-5,7-8,17-19H,2,6,9-15H2,1H3,(H2,21,22,23). The third kappa shape index (κ3) is 5.72. The summed E-state index contributed by atoms with van der Waals surface area (Å²) >= 11 is 0. The highest BCUT2D eigenvalue weighted by molar-refractivity contribution is 5.80. The minimum absolute atomic E-state index is 0.371. The van der Waals surface area contributed by atoms with Gasteiger partial charge in [0.25, 0.3) is 0 Å². The van der Waals surface area contributed by atoms with E-state index in [4.69, 9.17) is 9.47 Å². The van der Waals surface area contributed by atoms with E-state index in [-0.39, 0.29) is 0 Å². The van der Waals surface area contributed by atoms with E-state index >= 15 is 0 Å². The number of nitrogens with one attached hydrogen (secondary N) is 2. The van der Waals surface area contributed by atoms with E-state index in [1.807, 2.05) is 6.07 Å². The minimum Gasteiger partial charge on any atom is -0.381 e. The van der Waals surface area contributed by atoms with Gasteiger partial charge in [-0.05, 0) is 44.6 Å². The molecular formula is C20H31N3O2. The van der Waals surface area contributed by atoms with E-state index < -0.39 is 0 Å². The molecule has 2 heterocycles. The summed E-state index contributed by atoms with van der Waals surface area (Å²) in [5.74, 6) is 0.910. The highest BCUT2D eigenvalue weighted by Crippen LogP contribution is 2.34. The first-order valence-electron chi connectivity index (χ1n) is 9.67. The lowest BCUT2D eigenvalue weighted by Crippen LogP contribution is -2.47. The maximum Gasteiger partial charge on any atom is 0.191 e. The highest BCUT2D eigenvalue weighted by Gasteiger charge is 2.41. The predicted octanol–water partition coefficient (Wildman–Crippen LogP) is 2.51. The van der Waals surface area contributed by atoms with Gasteiger partial charge < -0.3 is 20.1 Å². The third-order valence-corrected chi connectivity index (χ3v) is 4.87. The van der Waals surface area contributed by atoms with Gasteiger partial charge in [-0.15, -0.1) is 0 Å². The summed E-state index contributed by atoms with van der Waals surface area (Å²) in [5.41, 5.74) is 1.33. The Morgan fingerprint density at radius 3 is 2.84 bits per heavy atom. The Morgan fingerprint density at radius 1 is 1.24 bits per heavy atom. The average molecular weight is 345 g/mol. The molecule has 2 N–H and O–H groups in total. The fourth-order valence-electron chi connectivity index (χ4n) is 3.58. The van der Waals surface area contributed by atoms with Crippen LogP contribution < -0.4 is 10.6 Å². The van der Waals surface area contributed by atoms with Gasteiger partial charge in [-0.1, -0.05) is 30.3 Å². The lowest BCUT2D eigenvalue weighted by molar-refractivity contribution is 0.0992. The number of nitrogens with zero attached hydrogens (tertiary/aromatic N) is 1. The number of fused-ring (bicyclic) bond motifs is 2. The summed E-state index contributed by atoms with van der Waals surface area (Å²) in [4.78, 5) is 4.68. The van der Waals surface area contributed by atoms with E-state index in [9.17, 15) is 0 Å². The fourth-order valence-corrected chi connectivity index (χ4v) is 3.58. The molecule has 1 aromatic rings. The van der Waals surface area contributed by atoms with Crippen LogP contribution in [0.15, 0.2) is 35.3 Å². The van der Waals surface area contributed by atoms with Crippen molar-refractivity contribution in [1.29, 1.82) is 0 Å². The molecule has 2 aliphatic rings. The number of benzene rings is 1. The molecule has 0 saturated carbocycles. The first-order chi connectivity index (χ1) is 12.3. The van der Waals surface area contributed by atoms with Gasteiger partial charge in [-0.3, -0.25) is 4.99 Å². The highest BCUT2D eigenvalue weighted by atomic mass is 16.5. The molecular weight excluding hydrogens is 314 g/mol. The van der Waals surface area contributed by atoms with Crippen LogP contribution >= 0.6 is 0 Å². The minimum atomic E-state index is 0.371. The van der Waals surface area contributed by atoms with Gasteiger partial charge in [-0.25, -0.2) is 0 Å². The van der Waals surface area contributed by atoms with Crippen LogP contribution in [0.5, 0.6) is 0 Å². The number of hydrogen-bond donors (Lipinski definition) is 2. The van der Waals surface area contributed by atoms with Crippen molar-refractivity contribution in [1.82, 2.24) is 10.6 Å². The normalized spacial score (nSPS) is 25.3. The Kier molecular flexibility index (Phi) is 7.12. The molecule has 3 rings (SSSR count). The molecule has 2 aliphatic heterocycles. The van der Waals surface area contributed by atoms with Gasteiger partial charge in [0.2, 0.25) is 0 Å². The SMILES string of the molecule is CCNC(=NCCCOCCc1ccccc1)NC1CC2CCC1O2. The van der Waals surface area contributed by atoms with Gasteiger partial charge in [0.1, 0.15) is 0 Å². The number of aliphatic imine (C=N–C) groups is 1. The third-order valence-electron chi connectivity index (χ3n) is 4.87. The molecule has 1 aromatic carbocycles. The lowest BCUT2D eigenvalue weighted by Gasteiger charge is -2.22. The van der Waals surface area contributed by atoms with Crippen molar-refractivity contribution in [3.05, 3.63) is 35.9 Å². The second-order valence-electron chi connectivity index (χ2n) is 6.82. The Morgan fingerprint density at radius 2 is 2.12 bits per heavy atom. The maximum absolute atomic E-state index is 5.91. The molecule has 138 valence electrons. The van der Waals surface area contributed by atoms with E-state index in [0.29, 0.717) is 18.2 Å². The second kappa shape index (κ2) is 9.78. The molecule has 2 fully saturated rings. The van der Waals surface area contributed by atoms with Crippen LogP contribution in [-0.2, 0) is 15.9 Å². The van der Waals surface area contributed by atoms with Crippen LogP contribution in [0.2, 0.25) is 0 Å². The van der Waals surface area contributed by atoms with Crippen LogP contribution in [0.3, 0.4) is 0 Å². The van der Waals surface area contributed by atoms with Crippen molar-refractivity contribution < 1.29 is 9.47 Å². The molecule has 3 atom stereocenters. The molecule has 5 nitrogen and oxygen atoms in total. The van der Waals surface area contributed by atoms with Crippen LogP contribution in [-0.4, -0.2) is 50.5 Å². The van der Waals surface area contributed by atoms with E-state index in [1.165, 1.54) is 18.4 Å². The smallest absolute Gasteiger partial charge is 0.191 e. The summed E-state index contributed by atoms with van der Waals surface area (Å²) in [7, 11) is 0. The zero-order valence-electron chi connectivity index (χ0n) is 15.2. The van der Waals surface area contributed by atoms with Crippen molar-refractivity contribution in [2.24, 2.45) is 4.99 Å². The monoisotopic (exact) mass is 345 g/mol. The Bertz CT molecular complexity index is 535. The topological polar surface area (TPSA) is 54.9 Å². The molecule has 5 heteroatoms. The summed E-state index contributed by atoms with van der Waals surface area (Å²) < 4.78 is 11.6. The molecule has 3 unspecified atom stereocenters. The van der Waals surface area contributed by atoms with E-state index in [1.54, 1.807) is 0 Å². The van der Waals surface area contributed by atoms with Crippen molar-refractivity contribution in [3.63, 3.8) is 0 Å². The maximum atomic E-state index is 5.91. The van der Waals surface area contributed by atoms with Gasteiger partial charge >= 0.3 is 0 Å². The summed E-state index contributed by atoms with van der Waals surface area (Å²) in [6.45, 7) is 5.28. The Balaban J connectivity index is 1.30. The second-order valence-corrected chi connectivity index (χ2v) is 6.82. The molecule has 0 aromatic heterocycles. The van der Waals surface area contributed by atoms with Gasteiger partial charge in [0, 0.05) is 19.7 Å². The molecule has 2 bridgehead atoms. The molecule has 0 radical (unpaired) electrons. The van der Waals surface area contributed by atoms with Crippen molar-refractivity contribution in [2.45, 2.75) is 57.3 Å². The predicted molar refractivity (Wildman–Crippen MR) is 101 cm³/mol. The van der Waals surface area contributed by atoms with Crippen molar-refractivity contribution >= 4 is 5.96 Å². The van der Waals surface area contributed by atoms with Crippen LogP contribution in [0, 0.1) is 0 Å². The summed E-state index contributed by atoms with van der Waals surface area (Å²) in [6, 6.07) is 10.9. The van der Waals surface area contributed by atoms with Crippen LogP contribution in [0.25, 0.3) is 0 Å². The summed E-state index contributed by atoms with van der Waals surface area (Å²) in [5, 5.41) is 6.88. The van der Waals surface area contributed by atoms with Crippen molar-refractivity contribution in [3.8, 4) is 0 Å². The van der Waals surface area contributed by atoms with Crippen molar-refractivity contribution in [2.75, 3.05) is 26.3 Å². The molecule has 0 spiro atoms. The molecule has 2 saturated heterocycles. The lowest BCUT2D eigenvalue weighted by atomic mass is 9.96. The Labute approximate surface area is 151 Å². The van der Waals surface area contributed by atoms with Crippen LogP contribution in [0.1, 0.15) is 38.2 Å². The zero-order chi connectivity index (χ0) is 17.3. The molecule has 0 amide bonds. The van der Waals surface area contributed by atoms with Gasteiger partial charge in [-0.2, -0.15) is 0 Å². The van der Waals surface area contributed by atoms with Crippen LogP contribution in [0.4, 0.5) is 0 Å². The first kappa shape index (κ1) is 18.2. The molecule has 25 heavy (non-hydrogen) atoms. The number of ether oxygens (including phenoxy) is 2. The number of guanidine groups is 1. The first-order valence-corrected chi connectivity index (χ1v) is 9.67. The fraction of sp³-hybridized carbons (Fsp3) is 0.650.